The van der Waals surface area contributed by atoms with Crippen molar-refractivity contribution >= 4 is 44.9 Å². The van der Waals surface area contributed by atoms with E-state index in [1.54, 1.807) is 6.07 Å². The average molecular weight is 324 g/mol. The van der Waals surface area contributed by atoms with Crippen LogP contribution >= 0.6 is 39.1 Å². The van der Waals surface area contributed by atoms with Gasteiger partial charge >= 0.3 is 0 Å². The number of hydrogen-bond acceptors (Lipinski definition) is 1. The van der Waals surface area contributed by atoms with E-state index in [0.29, 0.717) is 16.5 Å². The topological polar surface area (TPSA) is 17.1 Å². The molecule has 16 heavy (non-hydrogen) atoms. The number of halogens is 3. The van der Waals surface area contributed by atoms with Crippen molar-refractivity contribution in [1.82, 2.24) is 0 Å². The van der Waals surface area contributed by atoms with Crippen LogP contribution in [0.1, 0.15) is 19.4 Å². The normalized spacial score (nSPS) is 12.9. The van der Waals surface area contributed by atoms with E-state index in [2.05, 4.69) is 15.9 Å². The van der Waals surface area contributed by atoms with Gasteiger partial charge in [0.2, 0.25) is 0 Å². The van der Waals surface area contributed by atoms with E-state index in [-0.39, 0.29) is 16.5 Å². The molecule has 0 saturated carbocycles. The molecule has 1 aromatic rings. The molecular formula is C12H13BrCl2O. The van der Waals surface area contributed by atoms with E-state index < -0.39 is 0 Å². The Hall–Kier alpha value is -0.0500. The minimum Gasteiger partial charge on any atom is -0.298 e. The fourth-order valence-electron chi connectivity index (χ4n) is 1.36. The fourth-order valence-corrected chi connectivity index (χ4v) is 2.64. The Morgan fingerprint density at radius 2 is 2.00 bits per heavy atom. The Bertz CT molecular complexity index is 391. The maximum absolute atomic E-state index is 11.7. The summed E-state index contributed by atoms with van der Waals surface area (Å²) in [4.78, 5) is 11.5. The number of carbonyl (C=O) groups excluding carboxylic acids is 1. The molecule has 1 unspecified atom stereocenters. The lowest BCUT2D eigenvalue weighted by Crippen LogP contribution is -2.21. The van der Waals surface area contributed by atoms with E-state index in [1.165, 1.54) is 0 Å². The van der Waals surface area contributed by atoms with Gasteiger partial charge in [0.15, 0.2) is 0 Å². The number of benzene rings is 1. The van der Waals surface area contributed by atoms with Gasteiger partial charge in [0.25, 0.3) is 0 Å². The van der Waals surface area contributed by atoms with Crippen molar-refractivity contribution in [3.05, 3.63) is 33.8 Å². The molecule has 0 saturated heterocycles. The van der Waals surface area contributed by atoms with Gasteiger partial charge in [-0.2, -0.15) is 0 Å². The molecule has 4 heteroatoms. The first kappa shape index (κ1) is 14.0. The van der Waals surface area contributed by atoms with Crippen molar-refractivity contribution in [3.63, 3.8) is 0 Å². The van der Waals surface area contributed by atoms with E-state index in [4.69, 9.17) is 23.2 Å². The van der Waals surface area contributed by atoms with E-state index in [9.17, 15) is 4.79 Å². The van der Waals surface area contributed by atoms with E-state index in [0.717, 1.165) is 5.56 Å². The van der Waals surface area contributed by atoms with Gasteiger partial charge in [-0.3, -0.25) is 4.79 Å². The van der Waals surface area contributed by atoms with Gasteiger partial charge in [-0.25, -0.2) is 0 Å². The zero-order valence-electron chi connectivity index (χ0n) is 9.14. The number of carbonyl (C=O) groups is 1. The van der Waals surface area contributed by atoms with Crippen molar-refractivity contribution in [1.29, 1.82) is 0 Å². The van der Waals surface area contributed by atoms with Crippen LogP contribution in [0, 0.1) is 5.92 Å². The predicted molar refractivity (Wildman–Crippen MR) is 72.7 cm³/mol. The van der Waals surface area contributed by atoms with Crippen LogP contribution < -0.4 is 0 Å². The van der Waals surface area contributed by atoms with Crippen LogP contribution in [0.4, 0.5) is 0 Å². The highest BCUT2D eigenvalue weighted by atomic mass is 79.9. The summed E-state index contributed by atoms with van der Waals surface area (Å²) < 4.78 is 0. The summed E-state index contributed by atoms with van der Waals surface area (Å²) in [6, 6.07) is 5.46. The Morgan fingerprint density at radius 1 is 1.38 bits per heavy atom. The van der Waals surface area contributed by atoms with Crippen molar-refractivity contribution in [2.45, 2.75) is 25.1 Å². The highest BCUT2D eigenvalue weighted by Crippen LogP contribution is 2.28. The minimum atomic E-state index is -0.205. The number of alkyl halides is 1. The second-order valence-electron chi connectivity index (χ2n) is 3.94. The lowest BCUT2D eigenvalue weighted by molar-refractivity contribution is -0.121. The lowest BCUT2D eigenvalue weighted by atomic mass is 10.0. The van der Waals surface area contributed by atoms with Gasteiger partial charge in [0, 0.05) is 5.92 Å². The van der Waals surface area contributed by atoms with Crippen molar-refractivity contribution in [2.75, 3.05) is 0 Å². The maximum atomic E-state index is 11.7. The molecule has 0 aliphatic carbocycles. The van der Waals surface area contributed by atoms with Gasteiger partial charge < -0.3 is 0 Å². The molecule has 0 fully saturated rings. The van der Waals surface area contributed by atoms with Crippen LogP contribution in [0.25, 0.3) is 0 Å². The molecule has 0 aliphatic rings. The van der Waals surface area contributed by atoms with Crippen molar-refractivity contribution in [3.8, 4) is 0 Å². The molecule has 1 rings (SSSR count). The number of hydrogen-bond donors (Lipinski definition) is 0. The molecule has 0 spiro atoms. The molecule has 1 nitrogen and oxygen atoms in total. The monoisotopic (exact) mass is 322 g/mol. The van der Waals surface area contributed by atoms with Gasteiger partial charge in [-0.15, -0.1) is 0 Å². The van der Waals surface area contributed by atoms with Crippen LogP contribution in [0.5, 0.6) is 0 Å². The number of Topliss-reactive ketones (excluding diaryl/α,β-unsaturated/α-hetero) is 1. The first-order valence-electron chi connectivity index (χ1n) is 5.04. The summed E-state index contributed by atoms with van der Waals surface area (Å²) in [6.07, 6.45) is 0.566. The predicted octanol–water partition coefficient (Wildman–Crippen LogP) is 4.52. The summed E-state index contributed by atoms with van der Waals surface area (Å²) in [6.45, 7) is 3.77. The van der Waals surface area contributed by atoms with Crippen LogP contribution in [0.2, 0.25) is 10.0 Å². The van der Waals surface area contributed by atoms with Crippen LogP contribution in [0.15, 0.2) is 18.2 Å². The van der Waals surface area contributed by atoms with Crippen LogP contribution in [-0.2, 0) is 11.2 Å². The van der Waals surface area contributed by atoms with Crippen molar-refractivity contribution < 1.29 is 4.79 Å². The smallest absolute Gasteiger partial charge is 0.149 e. The fraction of sp³-hybridized carbons (Fsp3) is 0.417. The number of rotatable bonds is 4. The van der Waals surface area contributed by atoms with Gasteiger partial charge in [-0.05, 0) is 18.1 Å². The number of ketones is 1. The van der Waals surface area contributed by atoms with E-state index >= 15 is 0 Å². The second kappa shape index (κ2) is 6.04. The zero-order chi connectivity index (χ0) is 12.3. The molecule has 0 aliphatic heterocycles. The standard InChI is InChI=1S/C12H13BrCl2O/c1-7(2)12(16)9(13)6-8-4-3-5-10(14)11(8)15/h3-5,7,9H,6H2,1-2H3. The Kier molecular flexibility index (Phi) is 5.29. The molecule has 0 amide bonds. The largest absolute Gasteiger partial charge is 0.298 e. The zero-order valence-corrected chi connectivity index (χ0v) is 12.2. The summed E-state index contributed by atoms with van der Waals surface area (Å²) in [5, 5.41) is 1.06. The maximum Gasteiger partial charge on any atom is 0.149 e. The third-order valence-electron chi connectivity index (χ3n) is 2.31. The van der Waals surface area contributed by atoms with Gasteiger partial charge in [-0.1, -0.05) is 65.1 Å². The highest BCUT2D eigenvalue weighted by molar-refractivity contribution is 9.10. The SMILES string of the molecule is CC(C)C(=O)C(Br)Cc1cccc(Cl)c1Cl. The molecule has 1 atom stereocenters. The summed E-state index contributed by atoms with van der Waals surface area (Å²) in [5.41, 5.74) is 0.894. The molecular weight excluding hydrogens is 311 g/mol. The van der Waals surface area contributed by atoms with Crippen LogP contribution in [-0.4, -0.2) is 10.6 Å². The summed E-state index contributed by atoms with van der Waals surface area (Å²) in [5.74, 6) is 0.193. The van der Waals surface area contributed by atoms with Gasteiger partial charge in [0.05, 0.1) is 14.9 Å². The second-order valence-corrected chi connectivity index (χ2v) is 5.83. The molecule has 88 valence electrons. The molecule has 0 heterocycles. The Labute approximate surface area is 114 Å². The lowest BCUT2D eigenvalue weighted by Gasteiger charge is -2.12. The molecule has 0 N–H and O–H groups in total. The van der Waals surface area contributed by atoms with E-state index in [1.807, 2.05) is 26.0 Å². The van der Waals surface area contributed by atoms with Gasteiger partial charge in [0.1, 0.15) is 5.78 Å². The molecule has 1 aromatic carbocycles. The average Bonchev–Trinajstić information content (AvgIpc) is 2.23. The van der Waals surface area contributed by atoms with Crippen molar-refractivity contribution in [2.24, 2.45) is 5.92 Å². The quantitative estimate of drug-likeness (QED) is 0.744. The minimum absolute atomic E-state index is 0.0161. The first-order chi connectivity index (χ1) is 7.43. The molecule has 0 radical (unpaired) electrons. The third kappa shape index (κ3) is 3.47. The Balaban J connectivity index is 2.81. The third-order valence-corrected chi connectivity index (χ3v) is 3.94. The van der Waals surface area contributed by atoms with Crippen LogP contribution in [0.3, 0.4) is 0 Å². The summed E-state index contributed by atoms with van der Waals surface area (Å²) >= 11 is 15.4. The first-order valence-corrected chi connectivity index (χ1v) is 6.71. The Morgan fingerprint density at radius 3 is 2.56 bits per heavy atom. The summed E-state index contributed by atoms with van der Waals surface area (Å²) in [7, 11) is 0. The highest BCUT2D eigenvalue weighted by Gasteiger charge is 2.19. The molecule has 0 bridgehead atoms. The molecule has 0 aromatic heterocycles.